The number of rotatable bonds is 2. The Labute approximate surface area is 101 Å². The third-order valence-electron chi connectivity index (χ3n) is 2.67. The lowest BCUT2D eigenvalue weighted by Crippen LogP contribution is -2.46. The third kappa shape index (κ3) is 2.71. The van der Waals surface area contributed by atoms with E-state index < -0.39 is 0 Å². The van der Waals surface area contributed by atoms with Crippen LogP contribution in [0, 0.1) is 0 Å². The summed E-state index contributed by atoms with van der Waals surface area (Å²) in [6.07, 6.45) is 1.62. The predicted octanol–water partition coefficient (Wildman–Crippen LogP) is -0.412. The maximum atomic E-state index is 12.2. The van der Waals surface area contributed by atoms with Crippen LogP contribution in [0.25, 0.3) is 0 Å². The lowest BCUT2D eigenvalue weighted by molar-refractivity contribution is 0.0730. The van der Waals surface area contributed by atoms with Gasteiger partial charge in [0, 0.05) is 46.5 Å². The molecule has 0 bridgehead atoms. The Morgan fingerprint density at radius 3 is 2.76 bits per heavy atom. The van der Waals surface area contributed by atoms with E-state index in [1.165, 1.54) is 0 Å². The smallest absolute Gasteiger partial charge is 0.272 e. The van der Waals surface area contributed by atoms with Crippen molar-refractivity contribution < 1.29 is 4.79 Å². The average Bonchev–Trinajstić information content (AvgIpc) is 2.39. The summed E-state index contributed by atoms with van der Waals surface area (Å²) in [5.41, 5.74) is 0.464. The van der Waals surface area contributed by atoms with Crippen LogP contribution in [-0.2, 0) is 0 Å². The van der Waals surface area contributed by atoms with Crippen LogP contribution in [0.1, 0.15) is 10.5 Å². The number of hydrogen-bond donors (Lipinski definition) is 1. The summed E-state index contributed by atoms with van der Waals surface area (Å²) in [5, 5.41) is 3.22. The molecule has 0 aliphatic carbocycles. The summed E-state index contributed by atoms with van der Waals surface area (Å²) in [6, 6.07) is 1.66. The Bertz CT molecular complexity index is 401. The number of anilines is 1. The van der Waals surface area contributed by atoms with Crippen LogP contribution in [0.4, 0.5) is 5.95 Å². The number of nitrogens with zero attached hydrogens (tertiary/aromatic N) is 4. The fourth-order valence-electron chi connectivity index (χ4n) is 1.71. The minimum atomic E-state index is -0.0167. The third-order valence-corrected chi connectivity index (χ3v) is 2.67. The van der Waals surface area contributed by atoms with Crippen LogP contribution in [0.15, 0.2) is 12.3 Å². The first-order valence-electron chi connectivity index (χ1n) is 5.69. The molecule has 1 N–H and O–H groups in total. The van der Waals surface area contributed by atoms with Crippen molar-refractivity contribution >= 4 is 11.9 Å². The fraction of sp³-hybridized carbons (Fsp3) is 0.545. The van der Waals surface area contributed by atoms with E-state index in [0.717, 1.165) is 26.2 Å². The first-order chi connectivity index (χ1) is 8.18. The minimum Gasteiger partial charge on any atom is -0.347 e. The monoisotopic (exact) mass is 235 g/mol. The summed E-state index contributed by atoms with van der Waals surface area (Å²) >= 11 is 0. The van der Waals surface area contributed by atoms with Crippen molar-refractivity contribution in [3.8, 4) is 0 Å². The van der Waals surface area contributed by atoms with Crippen LogP contribution in [-0.4, -0.2) is 61.0 Å². The molecule has 2 heterocycles. The Hall–Kier alpha value is -1.69. The van der Waals surface area contributed by atoms with E-state index in [-0.39, 0.29) is 5.91 Å². The highest BCUT2D eigenvalue weighted by Gasteiger charge is 2.19. The number of hydrogen-bond acceptors (Lipinski definition) is 5. The average molecular weight is 235 g/mol. The van der Waals surface area contributed by atoms with Crippen LogP contribution in [0.2, 0.25) is 0 Å². The van der Waals surface area contributed by atoms with Gasteiger partial charge in [0.1, 0.15) is 5.69 Å². The molecule has 1 fully saturated rings. The fourth-order valence-corrected chi connectivity index (χ4v) is 1.71. The highest BCUT2D eigenvalue weighted by atomic mass is 16.2. The Kier molecular flexibility index (Phi) is 3.53. The molecule has 1 amide bonds. The van der Waals surface area contributed by atoms with E-state index >= 15 is 0 Å². The summed E-state index contributed by atoms with van der Waals surface area (Å²) in [5.74, 6) is 0.544. The van der Waals surface area contributed by atoms with Gasteiger partial charge in [-0.1, -0.05) is 0 Å². The van der Waals surface area contributed by atoms with Gasteiger partial charge in [-0.05, 0) is 6.07 Å². The molecule has 0 atom stereocenters. The van der Waals surface area contributed by atoms with Gasteiger partial charge in [0.05, 0.1) is 0 Å². The molecular weight excluding hydrogens is 218 g/mol. The van der Waals surface area contributed by atoms with E-state index in [2.05, 4.69) is 15.3 Å². The minimum absolute atomic E-state index is 0.0167. The van der Waals surface area contributed by atoms with Crippen molar-refractivity contribution in [3.05, 3.63) is 18.0 Å². The molecule has 0 unspecified atom stereocenters. The van der Waals surface area contributed by atoms with Crippen molar-refractivity contribution in [3.63, 3.8) is 0 Å². The zero-order valence-corrected chi connectivity index (χ0v) is 10.2. The largest absolute Gasteiger partial charge is 0.347 e. The first kappa shape index (κ1) is 11.8. The summed E-state index contributed by atoms with van der Waals surface area (Å²) in [6.45, 7) is 3.16. The molecule has 0 saturated carbocycles. The highest BCUT2D eigenvalue weighted by Crippen LogP contribution is 2.07. The number of amides is 1. The second-order valence-corrected chi connectivity index (χ2v) is 4.18. The van der Waals surface area contributed by atoms with Gasteiger partial charge in [-0.3, -0.25) is 4.79 Å². The van der Waals surface area contributed by atoms with Crippen molar-refractivity contribution in [2.75, 3.05) is 45.2 Å². The van der Waals surface area contributed by atoms with Crippen LogP contribution < -0.4 is 10.2 Å². The zero-order valence-electron chi connectivity index (χ0n) is 10.2. The molecule has 0 spiro atoms. The maximum absolute atomic E-state index is 12.2. The second kappa shape index (κ2) is 5.09. The second-order valence-electron chi connectivity index (χ2n) is 4.18. The van der Waals surface area contributed by atoms with E-state index in [4.69, 9.17) is 0 Å². The Morgan fingerprint density at radius 1 is 1.41 bits per heavy atom. The molecule has 6 nitrogen and oxygen atoms in total. The van der Waals surface area contributed by atoms with Crippen molar-refractivity contribution in [1.82, 2.24) is 20.2 Å². The molecule has 1 aromatic heterocycles. The molecule has 0 radical (unpaired) electrons. The van der Waals surface area contributed by atoms with E-state index in [9.17, 15) is 4.79 Å². The van der Waals surface area contributed by atoms with Crippen LogP contribution in [0.3, 0.4) is 0 Å². The first-order valence-corrected chi connectivity index (χ1v) is 5.69. The Morgan fingerprint density at radius 2 is 2.12 bits per heavy atom. The predicted molar refractivity (Wildman–Crippen MR) is 65.1 cm³/mol. The molecule has 2 rings (SSSR count). The highest BCUT2D eigenvalue weighted by molar-refractivity contribution is 5.92. The molecule has 92 valence electrons. The lowest BCUT2D eigenvalue weighted by Gasteiger charge is -2.27. The summed E-state index contributed by atoms with van der Waals surface area (Å²) < 4.78 is 0. The van der Waals surface area contributed by atoms with Gasteiger partial charge in [-0.2, -0.15) is 0 Å². The van der Waals surface area contributed by atoms with Crippen LogP contribution >= 0.6 is 0 Å². The van der Waals surface area contributed by atoms with Gasteiger partial charge in [0.15, 0.2) is 0 Å². The van der Waals surface area contributed by atoms with E-state index in [1.807, 2.05) is 19.0 Å². The number of nitrogens with one attached hydrogen (secondary N) is 1. The molecule has 1 aliphatic heterocycles. The quantitative estimate of drug-likeness (QED) is 0.755. The van der Waals surface area contributed by atoms with Gasteiger partial charge < -0.3 is 15.1 Å². The van der Waals surface area contributed by atoms with Crippen molar-refractivity contribution in [2.45, 2.75) is 0 Å². The number of carbonyl (C=O) groups is 1. The number of carbonyl (C=O) groups excluding carboxylic acids is 1. The van der Waals surface area contributed by atoms with E-state index in [1.54, 1.807) is 17.2 Å². The van der Waals surface area contributed by atoms with Crippen molar-refractivity contribution in [2.24, 2.45) is 0 Å². The number of aromatic nitrogens is 2. The maximum Gasteiger partial charge on any atom is 0.272 e. The van der Waals surface area contributed by atoms with E-state index in [0.29, 0.717) is 11.6 Å². The van der Waals surface area contributed by atoms with Crippen LogP contribution in [0.5, 0.6) is 0 Å². The molecule has 0 aromatic carbocycles. The van der Waals surface area contributed by atoms with Gasteiger partial charge >= 0.3 is 0 Å². The number of piperazine rings is 1. The molecule has 1 aliphatic rings. The Balaban J connectivity index is 2.15. The molecule has 17 heavy (non-hydrogen) atoms. The molecule has 1 saturated heterocycles. The van der Waals surface area contributed by atoms with Crippen molar-refractivity contribution in [1.29, 1.82) is 0 Å². The molecule has 6 heteroatoms. The topological polar surface area (TPSA) is 61.4 Å². The lowest BCUT2D eigenvalue weighted by atomic mass is 10.3. The van der Waals surface area contributed by atoms with Gasteiger partial charge in [-0.25, -0.2) is 9.97 Å². The summed E-state index contributed by atoms with van der Waals surface area (Å²) in [7, 11) is 3.71. The molecule has 1 aromatic rings. The van der Waals surface area contributed by atoms with Gasteiger partial charge in [0.25, 0.3) is 5.91 Å². The normalized spacial score (nSPS) is 15.8. The zero-order chi connectivity index (χ0) is 12.3. The summed E-state index contributed by atoms with van der Waals surface area (Å²) in [4.78, 5) is 24.1. The van der Waals surface area contributed by atoms with Gasteiger partial charge in [0.2, 0.25) is 5.95 Å². The molecular formula is C11H17N5O. The SMILES string of the molecule is CN(C)c1nccc(C(=O)N2CCNCC2)n1. The van der Waals surface area contributed by atoms with Gasteiger partial charge in [-0.15, -0.1) is 0 Å². The standard InChI is InChI=1S/C11H17N5O/c1-15(2)11-13-4-3-9(14-11)10(17)16-7-5-12-6-8-16/h3-4,12H,5-8H2,1-2H3.